The molecule has 1 saturated heterocycles. The van der Waals surface area contributed by atoms with Crippen molar-refractivity contribution in [2.75, 3.05) is 11.5 Å². The second-order valence-corrected chi connectivity index (χ2v) is 8.06. The fraction of sp³-hybridized carbons (Fsp3) is 0.333. The number of carbonyl (C=O) groups is 4. The summed E-state index contributed by atoms with van der Waals surface area (Å²) < 4.78 is 5.10. The molecule has 0 N–H and O–H groups in total. The van der Waals surface area contributed by atoms with Crippen LogP contribution in [0.2, 0.25) is 0 Å². The van der Waals surface area contributed by atoms with E-state index >= 15 is 0 Å². The van der Waals surface area contributed by atoms with E-state index in [2.05, 4.69) is 6.92 Å². The third-order valence-electron chi connectivity index (χ3n) is 5.98. The summed E-state index contributed by atoms with van der Waals surface area (Å²) >= 11 is 0. The van der Waals surface area contributed by atoms with Crippen molar-refractivity contribution in [2.45, 2.75) is 26.2 Å². The SMILES string of the molecule is CC1CCC2C(=O)N(c3ccc(C(=O)OCC(=O)c4ccccc4)cc3)C(=O)C2C1. The van der Waals surface area contributed by atoms with Gasteiger partial charge in [-0.25, -0.2) is 4.79 Å². The minimum atomic E-state index is -0.632. The van der Waals surface area contributed by atoms with E-state index in [-0.39, 0.29) is 41.6 Å². The van der Waals surface area contributed by atoms with Gasteiger partial charge in [-0.2, -0.15) is 0 Å². The molecule has 2 aliphatic rings. The van der Waals surface area contributed by atoms with Crippen molar-refractivity contribution in [3.63, 3.8) is 0 Å². The number of imide groups is 1. The summed E-state index contributed by atoms with van der Waals surface area (Å²) in [6, 6.07) is 14.8. The summed E-state index contributed by atoms with van der Waals surface area (Å²) in [6.07, 6.45) is 2.44. The fourth-order valence-corrected chi connectivity index (χ4v) is 4.31. The molecule has 0 radical (unpaired) electrons. The third kappa shape index (κ3) is 3.77. The zero-order valence-electron chi connectivity index (χ0n) is 16.7. The topological polar surface area (TPSA) is 80.8 Å². The molecule has 2 amide bonds. The van der Waals surface area contributed by atoms with Crippen LogP contribution in [0.15, 0.2) is 54.6 Å². The van der Waals surface area contributed by atoms with Crippen molar-refractivity contribution in [2.24, 2.45) is 17.8 Å². The lowest BCUT2D eigenvalue weighted by Crippen LogP contribution is -2.30. The molecule has 30 heavy (non-hydrogen) atoms. The van der Waals surface area contributed by atoms with Crippen molar-refractivity contribution < 1.29 is 23.9 Å². The second kappa shape index (κ2) is 8.22. The third-order valence-corrected chi connectivity index (χ3v) is 5.98. The normalized spacial score (nSPS) is 23.2. The lowest BCUT2D eigenvalue weighted by molar-refractivity contribution is -0.122. The summed E-state index contributed by atoms with van der Waals surface area (Å²) in [6.45, 7) is 1.76. The molecule has 6 heteroatoms. The number of esters is 1. The highest BCUT2D eigenvalue weighted by molar-refractivity contribution is 6.22. The van der Waals surface area contributed by atoms with Crippen LogP contribution in [-0.2, 0) is 14.3 Å². The summed E-state index contributed by atoms with van der Waals surface area (Å²) in [5.74, 6) is -1.25. The average molecular weight is 405 g/mol. The number of carbonyl (C=O) groups excluding carboxylic acids is 4. The maximum atomic E-state index is 12.8. The molecule has 0 bridgehead atoms. The molecule has 3 unspecified atom stereocenters. The largest absolute Gasteiger partial charge is 0.454 e. The van der Waals surface area contributed by atoms with Gasteiger partial charge in [-0.15, -0.1) is 0 Å². The van der Waals surface area contributed by atoms with Gasteiger partial charge in [-0.1, -0.05) is 37.3 Å². The van der Waals surface area contributed by atoms with Gasteiger partial charge in [0.2, 0.25) is 11.8 Å². The van der Waals surface area contributed by atoms with E-state index in [1.807, 2.05) is 0 Å². The molecule has 1 aliphatic carbocycles. The molecule has 1 saturated carbocycles. The highest BCUT2D eigenvalue weighted by Gasteiger charge is 2.49. The molecule has 2 aromatic rings. The standard InChI is InChI=1S/C24H23NO5/c1-15-7-12-19-20(13-15)23(28)25(22(19)27)18-10-8-17(9-11-18)24(29)30-14-21(26)16-5-3-2-4-6-16/h2-6,8-11,15,19-20H,7,12-14H2,1H3. The number of fused-ring (bicyclic) bond motifs is 1. The van der Waals surface area contributed by atoms with Crippen molar-refractivity contribution in [1.29, 1.82) is 0 Å². The highest BCUT2D eigenvalue weighted by Crippen LogP contribution is 2.42. The number of ether oxygens (including phenoxy) is 1. The molecule has 6 nitrogen and oxygen atoms in total. The van der Waals surface area contributed by atoms with Crippen LogP contribution in [0.4, 0.5) is 5.69 Å². The molecular weight excluding hydrogens is 382 g/mol. The number of hydrogen-bond donors (Lipinski definition) is 0. The van der Waals surface area contributed by atoms with Crippen LogP contribution in [0.25, 0.3) is 0 Å². The molecule has 3 atom stereocenters. The van der Waals surface area contributed by atoms with Gasteiger partial charge in [0.05, 0.1) is 23.1 Å². The van der Waals surface area contributed by atoms with Gasteiger partial charge in [-0.3, -0.25) is 19.3 Å². The van der Waals surface area contributed by atoms with Gasteiger partial charge in [0.1, 0.15) is 0 Å². The van der Waals surface area contributed by atoms with Crippen molar-refractivity contribution in [3.05, 3.63) is 65.7 Å². The van der Waals surface area contributed by atoms with E-state index in [9.17, 15) is 19.2 Å². The number of rotatable bonds is 5. The van der Waals surface area contributed by atoms with Crippen LogP contribution in [0, 0.1) is 17.8 Å². The second-order valence-electron chi connectivity index (χ2n) is 8.06. The van der Waals surface area contributed by atoms with E-state index in [0.29, 0.717) is 17.2 Å². The van der Waals surface area contributed by atoms with Gasteiger partial charge in [-0.05, 0) is 49.4 Å². The molecule has 0 spiro atoms. The monoisotopic (exact) mass is 405 g/mol. The first kappa shape index (κ1) is 20.0. The van der Waals surface area contributed by atoms with Crippen LogP contribution in [0.1, 0.15) is 46.9 Å². The summed E-state index contributed by atoms with van der Waals surface area (Å²) in [5, 5.41) is 0. The van der Waals surface area contributed by atoms with E-state index in [0.717, 1.165) is 19.3 Å². The lowest BCUT2D eigenvalue weighted by Gasteiger charge is -2.25. The first-order valence-electron chi connectivity index (χ1n) is 10.2. The molecule has 4 rings (SSSR count). The Morgan fingerprint density at radius 3 is 2.27 bits per heavy atom. The van der Waals surface area contributed by atoms with Gasteiger partial charge in [0.15, 0.2) is 12.4 Å². The number of benzene rings is 2. The number of anilines is 1. The van der Waals surface area contributed by atoms with E-state index in [4.69, 9.17) is 4.74 Å². The zero-order valence-corrected chi connectivity index (χ0v) is 16.7. The number of amides is 2. The predicted molar refractivity (Wildman–Crippen MR) is 110 cm³/mol. The van der Waals surface area contributed by atoms with Crippen LogP contribution >= 0.6 is 0 Å². The van der Waals surface area contributed by atoms with Crippen molar-refractivity contribution >= 4 is 29.3 Å². The minimum absolute atomic E-state index is 0.152. The molecule has 2 aromatic carbocycles. The molecule has 2 fully saturated rings. The maximum Gasteiger partial charge on any atom is 0.338 e. The number of Topliss-reactive ketones (excluding diaryl/α,β-unsaturated/α-hetero) is 1. The fourth-order valence-electron chi connectivity index (χ4n) is 4.31. The Labute approximate surface area is 174 Å². The maximum absolute atomic E-state index is 12.8. The zero-order chi connectivity index (χ0) is 21.3. The number of nitrogens with zero attached hydrogens (tertiary/aromatic N) is 1. The number of ketones is 1. The van der Waals surface area contributed by atoms with E-state index < -0.39 is 5.97 Å². The molecular formula is C24H23NO5. The lowest BCUT2D eigenvalue weighted by atomic mass is 9.76. The average Bonchev–Trinajstić information content (AvgIpc) is 3.02. The molecule has 154 valence electrons. The molecule has 1 aliphatic heterocycles. The summed E-state index contributed by atoms with van der Waals surface area (Å²) in [7, 11) is 0. The minimum Gasteiger partial charge on any atom is -0.454 e. The Bertz CT molecular complexity index is 982. The summed E-state index contributed by atoms with van der Waals surface area (Å²) in [4.78, 5) is 51.1. The Morgan fingerprint density at radius 1 is 0.900 bits per heavy atom. The van der Waals surface area contributed by atoms with Gasteiger partial charge in [0, 0.05) is 5.56 Å². The quantitative estimate of drug-likeness (QED) is 0.431. The van der Waals surface area contributed by atoms with E-state index in [1.54, 1.807) is 42.5 Å². The highest BCUT2D eigenvalue weighted by atomic mass is 16.5. The molecule has 1 heterocycles. The van der Waals surface area contributed by atoms with Crippen LogP contribution in [0.3, 0.4) is 0 Å². The van der Waals surface area contributed by atoms with E-state index in [1.165, 1.54) is 17.0 Å². The Balaban J connectivity index is 1.41. The van der Waals surface area contributed by atoms with Crippen LogP contribution in [0.5, 0.6) is 0 Å². The van der Waals surface area contributed by atoms with Crippen LogP contribution in [-0.4, -0.2) is 30.2 Å². The van der Waals surface area contributed by atoms with Crippen LogP contribution < -0.4 is 4.90 Å². The Hall–Kier alpha value is -3.28. The van der Waals surface area contributed by atoms with Gasteiger partial charge in [0.25, 0.3) is 0 Å². The predicted octanol–water partition coefficient (Wildman–Crippen LogP) is 3.65. The first-order chi connectivity index (χ1) is 14.5. The molecule has 0 aromatic heterocycles. The van der Waals surface area contributed by atoms with Gasteiger partial charge < -0.3 is 4.74 Å². The van der Waals surface area contributed by atoms with Gasteiger partial charge >= 0.3 is 5.97 Å². The van der Waals surface area contributed by atoms with Crippen molar-refractivity contribution in [3.8, 4) is 0 Å². The first-order valence-corrected chi connectivity index (χ1v) is 10.2. The Kier molecular flexibility index (Phi) is 5.48. The smallest absolute Gasteiger partial charge is 0.338 e. The Morgan fingerprint density at radius 2 is 1.57 bits per heavy atom. The summed E-state index contributed by atoms with van der Waals surface area (Å²) in [5.41, 5.74) is 1.19. The number of hydrogen-bond acceptors (Lipinski definition) is 5. The van der Waals surface area contributed by atoms with Crippen molar-refractivity contribution in [1.82, 2.24) is 0 Å².